The first-order valence-corrected chi connectivity index (χ1v) is 8.21. The summed E-state index contributed by atoms with van der Waals surface area (Å²) in [5, 5.41) is 9.31. The number of aromatic nitrogens is 1. The molecule has 0 radical (unpaired) electrons. The van der Waals surface area contributed by atoms with E-state index in [2.05, 4.69) is 42.8 Å². The number of ether oxygens (including phenoxy) is 1. The molecule has 2 aromatic rings. The molecule has 1 fully saturated rings. The van der Waals surface area contributed by atoms with Crippen LogP contribution in [-0.2, 0) is 0 Å². The summed E-state index contributed by atoms with van der Waals surface area (Å²) in [7, 11) is 1.69. The number of pyridine rings is 1. The fourth-order valence-electron chi connectivity index (χ4n) is 2.82. The van der Waals surface area contributed by atoms with Crippen LogP contribution in [0.5, 0.6) is 5.75 Å². The van der Waals surface area contributed by atoms with Gasteiger partial charge < -0.3 is 14.5 Å². The van der Waals surface area contributed by atoms with Crippen LogP contribution in [0.15, 0.2) is 41.0 Å². The molecule has 0 atom stereocenters. The largest absolute Gasteiger partial charge is 0.495 e. The predicted molar refractivity (Wildman–Crippen MR) is 94.1 cm³/mol. The van der Waals surface area contributed by atoms with Crippen molar-refractivity contribution in [2.45, 2.75) is 0 Å². The number of nitriles is 1. The third-order valence-electron chi connectivity index (χ3n) is 3.96. The molecule has 1 aliphatic heterocycles. The van der Waals surface area contributed by atoms with Gasteiger partial charge in [-0.3, -0.25) is 0 Å². The molecule has 2 heterocycles. The maximum absolute atomic E-state index is 9.31. The topological polar surface area (TPSA) is 52.4 Å². The third kappa shape index (κ3) is 3.25. The molecule has 1 saturated heterocycles. The lowest BCUT2D eigenvalue weighted by atomic mass is 10.2. The van der Waals surface area contributed by atoms with Gasteiger partial charge in [0.1, 0.15) is 17.6 Å². The van der Waals surface area contributed by atoms with Crippen molar-refractivity contribution < 1.29 is 4.74 Å². The molecule has 0 aliphatic carbocycles. The fourth-order valence-corrected chi connectivity index (χ4v) is 3.15. The van der Waals surface area contributed by atoms with Gasteiger partial charge >= 0.3 is 0 Å². The number of methoxy groups -OCH3 is 1. The lowest BCUT2D eigenvalue weighted by Crippen LogP contribution is -2.47. The van der Waals surface area contributed by atoms with E-state index in [1.54, 1.807) is 13.3 Å². The van der Waals surface area contributed by atoms with Crippen molar-refractivity contribution >= 4 is 27.4 Å². The molecule has 0 saturated carbocycles. The summed E-state index contributed by atoms with van der Waals surface area (Å²) >= 11 is 3.36. The fraction of sp³-hybridized carbons (Fsp3) is 0.294. The molecule has 0 bridgehead atoms. The highest BCUT2D eigenvalue weighted by atomic mass is 79.9. The van der Waals surface area contributed by atoms with Gasteiger partial charge in [0.2, 0.25) is 0 Å². The van der Waals surface area contributed by atoms with E-state index in [1.165, 1.54) is 0 Å². The Morgan fingerprint density at radius 2 is 1.87 bits per heavy atom. The van der Waals surface area contributed by atoms with Crippen molar-refractivity contribution in [2.75, 3.05) is 43.1 Å². The quantitative estimate of drug-likeness (QED) is 0.828. The zero-order chi connectivity index (χ0) is 16.2. The Balaban J connectivity index is 1.75. The standard InChI is InChI=1S/C17H17BrN4O/c1-23-16-5-3-2-4-15(16)21-6-8-22(9-7-21)17-13(11-19)10-14(18)12-20-17/h2-5,10,12H,6-9H2,1H3. The maximum Gasteiger partial charge on any atom is 0.146 e. The van der Waals surface area contributed by atoms with Crippen LogP contribution in [0.2, 0.25) is 0 Å². The van der Waals surface area contributed by atoms with Gasteiger partial charge in [-0.25, -0.2) is 4.98 Å². The highest BCUT2D eigenvalue weighted by molar-refractivity contribution is 9.10. The molecule has 23 heavy (non-hydrogen) atoms. The lowest BCUT2D eigenvalue weighted by Gasteiger charge is -2.37. The van der Waals surface area contributed by atoms with E-state index in [0.717, 1.165) is 47.9 Å². The highest BCUT2D eigenvalue weighted by Gasteiger charge is 2.22. The summed E-state index contributed by atoms with van der Waals surface area (Å²) in [6.45, 7) is 3.37. The molecule has 0 amide bonds. The van der Waals surface area contributed by atoms with E-state index < -0.39 is 0 Å². The van der Waals surface area contributed by atoms with Gasteiger partial charge in [-0.05, 0) is 34.1 Å². The van der Waals surface area contributed by atoms with Gasteiger partial charge in [0.05, 0.1) is 18.4 Å². The molecule has 3 rings (SSSR count). The van der Waals surface area contributed by atoms with E-state index >= 15 is 0 Å². The van der Waals surface area contributed by atoms with Gasteiger partial charge in [0.25, 0.3) is 0 Å². The Hall–Kier alpha value is -2.26. The Morgan fingerprint density at radius 3 is 2.57 bits per heavy atom. The first kappa shape index (κ1) is 15.6. The first-order chi connectivity index (χ1) is 11.2. The summed E-state index contributed by atoms with van der Waals surface area (Å²) in [6.07, 6.45) is 1.74. The highest BCUT2D eigenvalue weighted by Crippen LogP contribution is 2.29. The number of benzene rings is 1. The van der Waals surface area contributed by atoms with Crippen LogP contribution >= 0.6 is 15.9 Å². The van der Waals surface area contributed by atoms with E-state index in [0.29, 0.717) is 5.56 Å². The van der Waals surface area contributed by atoms with Crippen LogP contribution in [0.4, 0.5) is 11.5 Å². The third-order valence-corrected chi connectivity index (χ3v) is 4.39. The van der Waals surface area contributed by atoms with Crippen molar-refractivity contribution in [1.29, 1.82) is 5.26 Å². The average Bonchev–Trinajstić information content (AvgIpc) is 2.61. The summed E-state index contributed by atoms with van der Waals surface area (Å²) in [5.74, 6) is 1.65. The molecule has 0 N–H and O–H groups in total. The molecule has 6 heteroatoms. The second-order valence-electron chi connectivity index (χ2n) is 5.28. The van der Waals surface area contributed by atoms with Crippen LogP contribution in [0.25, 0.3) is 0 Å². The Labute approximate surface area is 144 Å². The smallest absolute Gasteiger partial charge is 0.146 e. The van der Waals surface area contributed by atoms with E-state index in [9.17, 15) is 5.26 Å². The molecule has 1 aliphatic rings. The number of nitrogens with zero attached hydrogens (tertiary/aromatic N) is 4. The number of halogens is 1. The van der Waals surface area contributed by atoms with Crippen molar-refractivity contribution in [3.8, 4) is 11.8 Å². The summed E-state index contributed by atoms with van der Waals surface area (Å²) in [6, 6.07) is 12.1. The van der Waals surface area contributed by atoms with E-state index in [4.69, 9.17) is 4.74 Å². The minimum absolute atomic E-state index is 0.602. The van der Waals surface area contributed by atoms with Crippen LogP contribution in [0.1, 0.15) is 5.56 Å². The number of anilines is 2. The van der Waals surface area contributed by atoms with Gasteiger partial charge in [0.15, 0.2) is 0 Å². The van der Waals surface area contributed by atoms with E-state index in [1.807, 2.05) is 24.3 Å². The Morgan fingerprint density at radius 1 is 1.17 bits per heavy atom. The molecule has 118 valence electrons. The zero-order valence-corrected chi connectivity index (χ0v) is 14.5. The van der Waals surface area contributed by atoms with Crippen molar-refractivity contribution in [1.82, 2.24) is 4.98 Å². The number of hydrogen-bond donors (Lipinski definition) is 0. The lowest BCUT2D eigenvalue weighted by molar-refractivity contribution is 0.413. The molecule has 1 aromatic heterocycles. The van der Waals surface area contributed by atoms with Gasteiger partial charge in [0, 0.05) is 36.8 Å². The van der Waals surface area contributed by atoms with Crippen LogP contribution in [0, 0.1) is 11.3 Å². The normalized spacial score (nSPS) is 14.5. The van der Waals surface area contributed by atoms with Gasteiger partial charge in [-0.1, -0.05) is 12.1 Å². The summed E-state index contributed by atoms with van der Waals surface area (Å²) < 4.78 is 6.27. The van der Waals surface area contributed by atoms with E-state index in [-0.39, 0.29) is 0 Å². The minimum atomic E-state index is 0.602. The summed E-state index contributed by atoms with van der Waals surface area (Å²) in [4.78, 5) is 8.89. The predicted octanol–water partition coefficient (Wildman–Crippen LogP) is 3.05. The van der Waals surface area contributed by atoms with Crippen molar-refractivity contribution in [3.05, 3.63) is 46.6 Å². The number of rotatable bonds is 3. The average molecular weight is 373 g/mol. The van der Waals surface area contributed by atoms with Crippen LogP contribution in [0.3, 0.4) is 0 Å². The second-order valence-corrected chi connectivity index (χ2v) is 6.20. The van der Waals surface area contributed by atoms with Crippen LogP contribution in [-0.4, -0.2) is 38.3 Å². The summed E-state index contributed by atoms with van der Waals surface area (Å²) in [5.41, 5.74) is 1.71. The molecule has 1 aromatic carbocycles. The van der Waals surface area contributed by atoms with Crippen molar-refractivity contribution in [3.63, 3.8) is 0 Å². The first-order valence-electron chi connectivity index (χ1n) is 7.41. The number of piperazine rings is 1. The maximum atomic E-state index is 9.31. The Kier molecular flexibility index (Phi) is 4.68. The SMILES string of the molecule is COc1ccccc1N1CCN(c2ncc(Br)cc2C#N)CC1. The minimum Gasteiger partial charge on any atom is -0.495 e. The molecule has 5 nitrogen and oxygen atoms in total. The molecular formula is C17H17BrN4O. The van der Waals surface area contributed by atoms with Crippen LogP contribution < -0.4 is 14.5 Å². The van der Waals surface area contributed by atoms with Gasteiger partial charge in [-0.2, -0.15) is 5.26 Å². The molecular weight excluding hydrogens is 356 g/mol. The number of hydrogen-bond acceptors (Lipinski definition) is 5. The monoisotopic (exact) mass is 372 g/mol. The molecule has 0 unspecified atom stereocenters. The number of para-hydroxylation sites is 2. The zero-order valence-electron chi connectivity index (χ0n) is 12.9. The van der Waals surface area contributed by atoms with Gasteiger partial charge in [-0.15, -0.1) is 0 Å². The molecule has 0 spiro atoms. The second kappa shape index (κ2) is 6.88. The Bertz CT molecular complexity index is 736. The van der Waals surface area contributed by atoms with Crippen molar-refractivity contribution in [2.24, 2.45) is 0 Å².